The number of hydrogen-bond donors (Lipinski definition) is 0. The van der Waals surface area contributed by atoms with E-state index in [1.165, 1.54) is 64.2 Å². The van der Waals surface area contributed by atoms with Crippen LogP contribution in [0.2, 0.25) is 0 Å². The summed E-state index contributed by atoms with van der Waals surface area (Å²) >= 11 is 0. The van der Waals surface area contributed by atoms with Crippen LogP contribution >= 0.6 is 0 Å². The molecule has 1 unspecified atom stereocenters. The second-order valence-electron chi connectivity index (χ2n) is 5.62. The molecule has 1 fully saturated rings. The Labute approximate surface area is 120 Å². The fourth-order valence-corrected chi connectivity index (χ4v) is 2.24. The number of unbranched alkanes of at least 4 members (excludes halogenated alkanes) is 7. The monoisotopic (exact) mass is 264 g/mol. The van der Waals surface area contributed by atoms with Crippen molar-refractivity contribution >= 4 is 0 Å². The van der Waals surface area contributed by atoms with Crippen LogP contribution in [0.4, 0.5) is 0 Å². The molecule has 0 aromatic rings. The molecule has 19 heavy (non-hydrogen) atoms. The molecule has 0 saturated carbocycles. The molecule has 110 valence electrons. The molecule has 0 N–H and O–H groups in total. The maximum absolute atomic E-state index is 5.20. The molecule has 0 bridgehead atoms. The fourth-order valence-electron chi connectivity index (χ4n) is 2.24. The van der Waals surface area contributed by atoms with Crippen molar-refractivity contribution in [2.75, 3.05) is 6.61 Å². The van der Waals surface area contributed by atoms with E-state index in [0.29, 0.717) is 6.10 Å². The average Bonchev–Trinajstić information content (AvgIpc) is 3.23. The van der Waals surface area contributed by atoms with Crippen LogP contribution in [0.25, 0.3) is 0 Å². The minimum atomic E-state index is 0.629. The molecule has 1 saturated heterocycles. The maximum atomic E-state index is 5.20. The summed E-state index contributed by atoms with van der Waals surface area (Å²) in [6, 6.07) is 0. The van der Waals surface area contributed by atoms with Crippen LogP contribution in [0.15, 0.2) is 24.3 Å². The highest BCUT2D eigenvalue weighted by Crippen LogP contribution is 2.17. The lowest BCUT2D eigenvalue weighted by atomic mass is 10.1. The number of rotatable bonds is 13. The van der Waals surface area contributed by atoms with E-state index in [4.69, 9.17) is 4.74 Å². The van der Waals surface area contributed by atoms with Crippen LogP contribution < -0.4 is 0 Å². The van der Waals surface area contributed by atoms with E-state index in [9.17, 15) is 0 Å². The summed E-state index contributed by atoms with van der Waals surface area (Å²) < 4.78 is 5.20. The van der Waals surface area contributed by atoms with E-state index >= 15 is 0 Å². The zero-order chi connectivity index (χ0) is 13.6. The lowest BCUT2D eigenvalue weighted by Crippen LogP contribution is -1.85. The lowest BCUT2D eigenvalue weighted by molar-refractivity contribution is 0.388. The first-order valence-electron chi connectivity index (χ1n) is 8.35. The Kier molecular flexibility index (Phi) is 10.8. The van der Waals surface area contributed by atoms with E-state index in [1.54, 1.807) is 0 Å². The van der Waals surface area contributed by atoms with Crippen LogP contribution in [0, 0.1) is 0 Å². The topological polar surface area (TPSA) is 12.5 Å². The van der Waals surface area contributed by atoms with Crippen molar-refractivity contribution in [1.29, 1.82) is 0 Å². The number of epoxide rings is 1. The molecular weight excluding hydrogens is 232 g/mol. The Morgan fingerprint density at radius 3 is 2.11 bits per heavy atom. The predicted octanol–water partition coefficient (Wildman–Crippen LogP) is 5.81. The Bertz CT molecular complexity index is 238. The van der Waals surface area contributed by atoms with Gasteiger partial charge in [0.15, 0.2) is 0 Å². The van der Waals surface area contributed by atoms with Crippen molar-refractivity contribution in [3.63, 3.8) is 0 Å². The minimum absolute atomic E-state index is 0.629. The SMILES string of the molecule is CCCCC/C=C\C/C=C\CCCCCCC1CO1. The van der Waals surface area contributed by atoms with Gasteiger partial charge in [-0.25, -0.2) is 0 Å². The summed E-state index contributed by atoms with van der Waals surface area (Å²) in [5.41, 5.74) is 0. The van der Waals surface area contributed by atoms with Gasteiger partial charge in [-0.15, -0.1) is 0 Å². The molecule has 0 aliphatic carbocycles. The van der Waals surface area contributed by atoms with E-state index in [-0.39, 0.29) is 0 Å². The van der Waals surface area contributed by atoms with E-state index in [2.05, 4.69) is 31.2 Å². The number of allylic oxidation sites excluding steroid dienone is 4. The third-order valence-electron chi connectivity index (χ3n) is 3.63. The molecule has 0 spiro atoms. The van der Waals surface area contributed by atoms with Gasteiger partial charge in [-0.2, -0.15) is 0 Å². The van der Waals surface area contributed by atoms with Gasteiger partial charge in [0.1, 0.15) is 0 Å². The first-order valence-corrected chi connectivity index (χ1v) is 8.35. The zero-order valence-corrected chi connectivity index (χ0v) is 12.8. The molecule has 1 aliphatic heterocycles. The molecule has 1 nitrogen and oxygen atoms in total. The molecule has 0 aromatic heterocycles. The molecule has 0 radical (unpaired) electrons. The van der Waals surface area contributed by atoms with Crippen LogP contribution in [-0.2, 0) is 4.74 Å². The van der Waals surface area contributed by atoms with Crippen molar-refractivity contribution in [1.82, 2.24) is 0 Å². The lowest BCUT2D eigenvalue weighted by Gasteiger charge is -1.97. The standard InChI is InChI=1S/C18H32O/c1-2-3-4-5-6-7-8-9-10-11-12-13-14-15-16-18-17-19-18/h6-7,9-10,18H,2-5,8,11-17H2,1H3/b7-6-,10-9-. The summed E-state index contributed by atoms with van der Waals surface area (Å²) in [5, 5.41) is 0. The third-order valence-corrected chi connectivity index (χ3v) is 3.63. The summed E-state index contributed by atoms with van der Waals surface area (Å²) in [5.74, 6) is 0. The predicted molar refractivity (Wildman–Crippen MR) is 84.5 cm³/mol. The van der Waals surface area contributed by atoms with Gasteiger partial charge >= 0.3 is 0 Å². The normalized spacial score (nSPS) is 18.7. The quantitative estimate of drug-likeness (QED) is 0.232. The van der Waals surface area contributed by atoms with Crippen molar-refractivity contribution < 1.29 is 4.74 Å². The molecule has 1 heterocycles. The number of hydrogen-bond acceptors (Lipinski definition) is 1. The van der Waals surface area contributed by atoms with Gasteiger partial charge in [-0.3, -0.25) is 0 Å². The van der Waals surface area contributed by atoms with Crippen molar-refractivity contribution in [3.05, 3.63) is 24.3 Å². The van der Waals surface area contributed by atoms with E-state index in [1.807, 2.05) is 0 Å². The van der Waals surface area contributed by atoms with Crippen LogP contribution in [0.1, 0.15) is 77.6 Å². The maximum Gasteiger partial charge on any atom is 0.0810 e. The molecular formula is C18H32O. The largest absolute Gasteiger partial charge is 0.373 e. The Balaban J connectivity index is 1.74. The highest BCUT2D eigenvalue weighted by atomic mass is 16.6. The second-order valence-corrected chi connectivity index (χ2v) is 5.62. The summed E-state index contributed by atoms with van der Waals surface area (Å²) in [6.07, 6.45) is 24.4. The van der Waals surface area contributed by atoms with Gasteiger partial charge in [-0.05, 0) is 38.5 Å². The number of ether oxygens (including phenoxy) is 1. The smallest absolute Gasteiger partial charge is 0.0810 e. The van der Waals surface area contributed by atoms with E-state index in [0.717, 1.165) is 13.0 Å². The van der Waals surface area contributed by atoms with Gasteiger partial charge in [0.25, 0.3) is 0 Å². The van der Waals surface area contributed by atoms with Crippen LogP contribution in [0.3, 0.4) is 0 Å². The molecule has 1 heteroatoms. The zero-order valence-electron chi connectivity index (χ0n) is 12.8. The Morgan fingerprint density at radius 1 is 0.842 bits per heavy atom. The Morgan fingerprint density at radius 2 is 1.47 bits per heavy atom. The minimum Gasteiger partial charge on any atom is -0.373 e. The van der Waals surface area contributed by atoms with Crippen LogP contribution in [0.5, 0.6) is 0 Å². The van der Waals surface area contributed by atoms with Gasteiger partial charge in [0.05, 0.1) is 12.7 Å². The first-order chi connectivity index (χ1) is 9.43. The van der Waals surface area contributed by atoms with Crippen molar-refractivity contribution in [2.24, 2.45) is 0 Å². The van der Waals surface area contributed by atoms with Crippen molar-refractivity contribution in [3.8, 4) is 0 Å². The molecule has 1 rings (SSSR count). The highest BCUT2D eigenvalue weighted by molar-refractivity contribution is 4.92. The fraction of sp³-hybridized carbons (Fsp3) is 0.778. The summed E-state index contributed by atoms with van der Waals surface area (Å²) in [6.45, 7) is 3.28. The van der Waals surface area contributed by atoms with Crippen molar-refractivity contribution in [2.45, 2.75) is 83.7 Å². The average molecular weight is 264 g/mol. The third kappa shape index (κ3) is 12.2. The van der Waals surface area contributed by atoms with Crippen LogP contribution in [-0.4, -0.2) is 12.7 Å². The molecule has 1 atom stereocenters. The van der Waals surface area contributed by atoms with Gasteiger partial charge in [0.2, 0.25) is 0 Å². The van der Waals surface area contributed by atoms with E-state index < -0.39 is 0 Å². The second kappa shape index (κ2) is 12.5. The summed E-state index contributed by atoms with van der Waals surface area (Å²) in [4.78, 5) is 0. The Hall–Kier alpha value is -0.560. The van der Waals surface area contributed by atoms with Gasteiger partial charge in [0, 0.05) is 0 Å². The summed E-state index contributed by atoms with van der Waals surface area (Å²) in [7, 11) is 0. The molecule has 0 amide bonds. The van der Waals surface area contributed by atoms with Gasteiger partial charge < -0.3 is 4.74 Å². The first kappa shape index (κ1) is 16.5. The highest BCUT2D eigenvalue weighted by Gasteiger charge is 2.20. The van der Waals surface area contributed by atoms with Gasteiger partial charge in [-0.1, -0.05) is 63.3 Å². The molecule has 0 aromatic carbocycles. The molecule has 1 aliphatic rings.